The number of amides is 2. The van der Waals surface area contributed by atoms with E-state index in [2.05, 4.69) is 5.32 Å². The molecule has 0 unspecified atom stereocenters. The zero-order valence-corrected chi connectivity index (χ0v) is 16.0. The molecule has 3 rings (SSSR count). The van der Waals surface area contributed by atoms with Crippen LogP contribution >= 0.6 is 11.3 Å². The zero-order chi connectivity index (χ0) is 19.4. The topological polar surface area (TPSA) is 75.7 Å². The van der Waals surface area contributed by atoms with Gasteiger partial charge in [0.15, 0.2) is 0 Å². The maximum Gasteiger partial charge on any atom is 0.341 e. The van der Waals surface area contributed by atoms with E-state index in [1.807, 2.05) is 30.3 Å². The number of fused-ring (bicyclic) bond motifs is 1. The molecule has 6 nitrogen and oxygen atoms in total. The van der Waals surface area contributed by atoms with Crippen molar-refractivity contribution in [1.82, 2.24) is 4.90 Å². The Morgan fingerprint density at radius 1 is 1.22 bits per heavy atom. The first kappa shape index (κ1) is 18.8. The molecule has 2 heterocycles. The molecule has 0 bridgehead atoms. The van der Waals surface area contributed by atoms with E-state index in [1.165, 1.54) is 31.4 Å². The summed E-state index contributed by atoms with van der Waals surface area (Å²) in [5.41, 5.74) is 2.15. The molecule has 0 radical (unpaired) electrons. The van der Waals surface area contributed by atoms with Crippen LogP contribution in [0, 0.1) is 0 Å². The van der Waals surface area contributed by atoms with E-state index < -0.39 is 5.97 Å². The fourth-order valence-corrected chi connectivity index (χ4v) is 4.22. The van der Waals surface area contributed by atoms with Crippen molar-refractivity contribution in [2.45, 2.75) is 19.9 Å². The van der Waals surface area contributed by atoms with Crippen molar-refractivity contribution in [3.8, 4) is 0 Å². The van der Waals surface area contributed by atoms with Gasteiger partial charge in [-0.3, -0.25) is 9.59 Å². The van der Waals surface area contributed by atoms with Crippen LogP contribution in [0.15, 0.2) is 36.4 Å². The average molecular weight is 384 g/mol. The molecule has 0 atom stereocenters. The van der Waals surface area contributed by atoms with Crippen LogP contribution in [-0.2, 0) is 27.3 Å². The van der Waals surface area contributed by atoms with Gasteiger partial charge in [0.2, 0.25) is 11.8 Å². The van der Waals surface area contributed by atoms with Crippen molar-refractivity contribution in [2.24, 2.45) is 0 Å². The lowest BCUT2D eigenvalue weighted by molar-refractivity contribution is -0.129. The highest BCUT2D eigenvalue weighted by molar-refractivity contribution is 7.17. The van der Waals surface area contributed by atoms with Crippen molar-refractivity contribution in [1.29, 1.82) is 0 Å². The Labute approximate surface area is 161 Å². The van der Waals surface area contributed by atoms with Crippen LogP contribution in [0.25, 0.3) is 6.08 Å². The van der Waals surface area contributed by atoms with E-state index in [0.717, 1.165) is 16.0 Å². The summed E-state index contributed by atoms with van der Waals surface area (Å²) in [6.07, 6.45) is 3.70. The summed E-state index contributed by atoms with van der Waals surface area (Å²) in [5.74, 6) is -0.817. The van der Waals surface area contributed by atoms with Gasteiger partial charge >= 0.3 is 5.97 Å². The lowest BCUT2D eigenvalue weighted by atomic mass is 10.0. The van der Waals surface area contributed by atoms with E-state index in [-0.39, 0.29) is 11.8 Å². The average Bonchev–Trinajstić information content (AvgIpc) is 3.03. The third-order valence-corrected chi connectivity index (χ3v) is 5.49. The number of esters is 1. The number of carbonyl (C=O) groups excluding carboxylic acids is 3. The van der Waals surface area contributed by atoms with Gasteiger partial charge in [-0.25, -0.2) is 4.79 Å². The number of benzene rings is 1. The number of anilines is 1. The first-order valence-electron chi connectivity index (χ1n) is 8.52. The highest BCUT2D eigenvalue weighted by Crippen LogP contribution is 2.37. The fraction of sp³-hybridized carbons (Fsp3) is 0.250. The molecular weight excluding hydrogens is 364 g/mol. The molecular formula is C20H20N2O4S. The first-order valence-corrected chi connectivity index (χ1v) is 9.33. The maximum atomic E-state index is 12.3. The van der Waals surface area contributed by atoms with Gasteiger partial charge < -0.3 is 15.0 Å². The fourth-order valence-electron chi connectivity index (χ4n) is 2.97. The molecule has 0 aliphatic carbocycles. The number of carbonyl (C=O) groups is 3. The van der Waals surface area contributed by atoms with Gasteiger partial charge in [-0.2, -0.15) is 0 Å². The van der Waals surface area contributed by atoms with Gasteiger partial charge in [0.05, 0.1) is 19.2 Å². The van der Waals surface area contributed by atoms with Crippen LogP contribution in [0.2, 0.25) is 0 Å². The summed E-state index contributed by atoms with van der Waals surface area (Å²) >= 11 is 1.32. The van der Waals surface area contributed by atoms with Crippen molar-refractivity contribution in [3.05, 3.63) is 58.0 Å². The minimum Gasteiger partial charge on any atom is -0.465 e. The standard InChI is InChI=1S/C20H20N2O4S/c1-13(23)22-11-10-15-16(12-22)27-19(18(15)20(25)26-2)21-17(24)9-8-14-6-4-3-5-7-14/h3-9H,10-12H2,1-2H3,(H,21,24)/b9-8+. The van der Waals surface area contributed by atoms with Crippen molar-refractivity contribution in [2.75, 3.05) is 19.0 Å². The third-order valence-electron chi connectivity index (χ3n) is 4.36. The number of ether oxygens (including phenoxy) is 1. The Morgan fingerprint density at radius 3 is 2.63 bits per heavy atom. The number of methoxy groups -OCH3 is 1. The Balaban J connectivity index is 1.84. The smallest absolute Gasteiger partial charge is 0.341 e. The van der Waals surface area contributed by atoms with Crippen LogP contribution in [0.5, 0.6) is 0 Å². The molecule has 0 saturated heterocycles. The highest BCUT2D eigenvalue weighted by atomic mass is 32.1. The molecule has 140 valence electrons. The van der Waals surface area contributed by atoms with Crippen LogP contribution in [0.3, 0.4) is 0 Å². The number of nitrogens with zero attached hydrogens (tertiary/aromatic N) is 1. The predicted octanol–water partition coefficient (Wildman–Crippen LogP) is 3.09. The second kappa shape index (κ2) is 8.18. The van der Waals surface area contributed by atoms with E-state index >= 15 is 0 Å². The summed E-state index contributed by atoms with van der Waals surface area (Å²) in [7, 11) is 1.32. The van der Waals surface area contributed by atoms with Crippen LogP contribution in [-0.4, -0.2) is 36.3 Å². The molecule has 0 spiro atoms. The van der Waals surface area contributed by atoms with Gasteiger partial charge in [0, 0.05) is 24.4 Å². The van der Waals surface area contributed by atoms with E-state index in [1.54, 1.807) is 11.0 Å². The second-order valence-electron chi connectivity index (χ2n) is 6.12. The molecule has 1 aromatic heterocycles. The number of thiophene rings is 1. The zero-order valence-electron chi connectivity index (χ0n) is 15.2. The van der Waals surface area contributed by atoms with Crippen molar-refractivity contribution in [3.63, 3.8) is 0 Å². The third kappa shape index (κ3) is 4.25. The summed E-state index contributed by atoms with van der Waals surface area (Å²) in [5, 5.41) is 3.24. The predicted molar refractivity (Wildman–Crippen MR) is 105 cm³/mol. The van der Waals surface area contributed by atoms with Gasteiger partial charge in [-0.1, -0.05) is 30.3 Å². The molecule has 27 heavy (non-hydrogen) atoms. The maximum absolute atomic E-state index is 12.3. The van der Waals surface area contributed by atoms with Crippen LogP contribution in [0.1, 0.15) is 33.3 Å². The molecule has 1 aliphatic heterocycles. The number of hydrogen-bond donors (Lipinski definition) is 1. The number of hydrogen-bond acceptors (Lipinski definition) is 5. The summed E-state index contributed by atoms with van der Waals surface area (Å²) < 4.78 is 4.90. The molecule has 2 amide bonds. The van der Waals surface area contributed by atoms with Crippen molar-refractivity contribution >= 4 is 40.2 Å². The molecule has 1 aliphatic rings. The van der Waals surface area contributed by atoms with E-state index in [9.17, 15) is 14.4 Å². The van der Waals surface area contributed by atoms with E-state index in [4.69, 9.17) is 4.74 Å². The lowest BCUT2D eigenvalue weighted by Crippen LogP contribution is -2.33. The normalized spacial score (nSPS) is 13.3. The SMILES string of the molecule is COC(=O)c1c(NC(=O)/C=C/c2ccccc2)sc2c1CCN(C(C)=O)C2. The summed E-state index contributed by atoms with van der Waals surface area (Å²) in [6, 6.07) is 9.47. The van der Waals surface area contributed by atoms with Crippen molar-refractivity contribution < 1.29 is 19.1 Å². The Morgan fingerprint density at radius 2 is 1.96 bits per heavy atom. The van der Waals surface area contributed by atoms with Gasteiger partial charge in [0.25, 0.3) is 0 Å². The van der Waals surface area contributed by atoms with Crippen LogP contribution in [0.4, 0.5) is 5.00 Å². The molecule has 2 aromatic rings. The molecule has 7 heteroatoms. The lowest BCUT2D eigenvalue weighted by Gasteiger charge is -2.25. The summed E-state index contributed by atoms with van der Waals surface area (Å²) in [4.78, 5) is 38.9. The van der Waals surface area contributed by atoms with Gasteiger partial charge in [-0.15, -0.1) is 11.3 Å². The van der Waals surface area contributed by atoms with Crippen LogP contribution < -0.4 is 5.32 Å². The highest BCUT2D eigenvalue weighted by Gasteiger charge is 2.29. The minimum atomic E-state index is -0.480. The molecule has 0 saturated carbocycles. The molecule has 1 aromatic carbocycles. The minimum absolute atomic E-state index is 0.00921. The Hall–Kier alpha value is -2.93. The quantitative estimate of drug-likeness (QED) is 0.649. The first-order chi connectivity index (χ1) is 13.0. The summed E-state index contributed by atoms with van der Waals surface area (Å²) in [6.45, 7) is 2.51. The molecule has 0 fully saturated rings. The Kier molecular flexibility index (Phi) is 5.71. The van der Waals surface area contributed by atoms with Gasteiger partial charge in [0.1, 0.15) is 5.00 Å². The monoisotopic (exact) mass is 384 g/mol. The second-order valence-corrected chi connectivity index (χ2v) is 7.23. The molecule has 1 N–H and O–H groups in total. The van der Waals surface area contributed by atoms with Gasteiger partial charge in [-0.05, 0) is 23.6 Å². The largest absolute Gasteiger partial charge is 0.465 e. The van der Waals surface area contributed by atoms with E-state index in [0.29, 0.717) is 30.1 Å². The number of rotatable bonds is 4. The number of nitrogens with one attached hydrogen (secondary N) is 1. The Bertz CT molecular complexity index is 902.